The molecule has 0 N–H and O–H groups in total. The molecule has 23 aromatic rings. The molecule has 6 heterocycles. The van der Waals surface area contributed by atoms with Gasteiger partial charge >= 0.3 is 0 Å². The minimum absolute atomic E-state index is 0.609. The average Bonchev–Trinajstić information content (AvgIpc) is 1.59. The third-order valence-corrected chi connectivity index (χ3v) is 23.7. The Bertz CT molecular complexity index is 7890. The van der Waals surface area contributed by atoms with Crippen molar-refractivity contribution in [2.45, 2.75) is 0 Å². The number of rotatable bonds is 14. The first kappa shape index (κ1) is 67.8. The fraction of sp³-hybridized carbons (Fsp3) is 0. The Hall–Kier alpha value is -15.9. The molecule has 0 saturated carbocycles. The zero-order valence-corrected chi connectivity index (χ0v) is 64.0. The summed E-state index contributed by atoms with van der Waals surface area (Å²) in [7, 11) is 0. The predicted molar refractivity (Wildman–Crippen MR) is 489 cm³/mol. The van der Waals surface area contributed by atoms with Crippen LogP contribution in [0.15, 0.2) is 425 Å². The summed E-state index contributed by atoms with van der Waals surface area (Å²) in [5.74, 6) is 1.23. The van der Waals surface area contributed by atoms with Crippen molar-refractivity contribution in [1.82, 2.24) is 38.2 Å². The van der Waals surface area contributed by atoms with Gasteiger partial charge in [-0.15, -0.1) is 0 Å². The van der Waals surface area contributed by atoms with E-state index in [0.29, 0.717) is 11.9 Å². The van der Waals surface area contributed by atoms with Crippen LogP contribution in [-0.2, 0) is 0 Å². The van der Waals surface area contributed by atoms with Crippen LogP contribution in [0.3, 0.4) is 0 Å². The summed E-state index contributed by atoms with van der Waals surface area (Å²) in [5, 5.41) is 9.35. The number of nitrogens with zero attached hydrogens (tertiary/aromatic N) is 8. The van der Waals surface area contributed by atoms with Crippen LogP contribution in [0.5, 0.6) is 0 Å². The number of benzene rings is 17. The van der Waals surface area contributed by atoms with E-state index in [0.717, 1.165) is 155 Å². The molecule has 6 aromatic heterocycles. The Labute approximate surface area is 680 Å². The zero-order valence-electron chi connectivity index (χ0n) is 64.0. The van der Waals surface area contributed by atoms with E-state index in [4.69, 9.17) is 19.9 Å². The van der Waals surface area contributed by atoms with Crippen molar-refractivity contribution in [2.24, 2.45) is 0 Å². The van der Waals surface area contributed by atoms with Crippen LogP contribution in [-0.4, -0.2) is 38.2 Å². The van der Waals surface area contributed by atoms with E-state index in [1.54, 1.807) is 0 Å². The van der Waals surface area contributed by atoms with Crippen LogP contribution in [0, 0.1) is 0 Å². The van der Waals surface area contributed by atoms with Crippen molar-refractivity contribution in [2.75, 3.05) is 0 Å². The number of hydrogen-bond donors (Lipinski definition) is 0. The molecule has 0 unspecified atom stereocenters. The highest BCUT2D eigenvalue weighted by molar-refractivity contribution is 6.15. The molecule has 8 nitrogen and oxygen atoms in total. The minimum atomic E-state index is 0.609. The van der Waals surface area contributed by atoms with Gasteiger partial charge in [0.1, 0.15) is 0 Å². The maximum Gasteiger partial charge on any atom is 0.235 e. The lowest BCUT2D eigenvalue weighted by Crippen LogP contribution is -2.01. The van der Waals surface area contributed by atoms with Crippen LogP contribution in [0.25, 0.3) is 222 Å². The number of para-hydroxylation sites is 4. The first-order valence-corrected chi connectivity index (χ1v) is 40.1. The quantitative estimate of drug-likeness (QED) is 0.109. The summed E-state index contributed by atoms with van der Waals surface area (Å²) in [5.41, 5.74) is 33.0. The van der Waals surface area contributed by atoms with Crippen LogP contribution in [0.1, 0.15) is 0 Å². The van der Waals surface area contributed by atoms with Gasteiger partial charge in [0.05, 0.1) is 55.5 Å². The average molecular weight is 1500 g/mol. The maximum absolute atomic E-state index is 5.48. The van der Waals surface area contributed by atoms with Crippen LogP contribution < -0.4 is 0 Å². The van der Waals surface area contributed by atoms with Crippen molar-refractivity contribution in [3.63, 3.8) is 0 Å². The van der Waals surface area contributed by atoms with Gasteiger partial charge in [-0.25, -0.2) is 19.9 Å². The molecule has 550 valence electrons. The maximum atomic E-state index is 5.48. The summed E-state index contributed by atoms with van der Waals surface area (Å²) >= 11 is 0. The van der Waals surface area contributed by atoms with Gasteiger partial charge in [-0.3, -0.25) is 9.13 Å². The molecule has 0 radical (unpaired) electrons. The van der Waals surface area contributed by atoms with Crippen molar-refractivity contribution >= 4 is 87.2 Å². The Morgan fingerprint density at radius 2 is 0.398 bits per heavy atom. The normalized spacial score (nSPS) is 11.7. The van der Waals surface area contributed by atoms with Crippen LogP contribution in [0.2, 0.25) is 0 Å². The Morgan fingerprint density at radius 1 is 0.144 bits per heavy atom. The molecule has 0 amide bonds. The predicted octanol–water partition coefficient (Wildman–Crippen LogP) is 28.3. The standard InChI is InChI=1S/C110H70N8/c1-5-21-71(22-6-1)74-39-41-75(42-40-74)78-27-19-29-85(61-78)99-57-59-111-109(113-99)117-102-37-17-14-34-92(102)96-69-83(51-56-107(96)117)84-49-54-106-98(70-84)97-66-80(72-23-7-2-8-24-72)47-52-105(97)116(106)90-32-20-28-79(65-90)76-43-45-77(46-44-76)87-62-86(73-25-9-3-10-26-73)63-88(64-87)100-58-60-112-110(114-100)118-103-38-18-15-35-93(103)95-68-82(50-55-108(95)118)81-48-53-104-94(67-81)91-33-13-16-36-101(91)115(104)89-30-11-4-12-31-89/h1-70H. The van der Waals surface area contributed by atoms with Gasteiger partial charge < -0.3 is 9.13 Å². The van der Waals surface area contributed by atoms with Gasteiger partial charge in [-0.05, 0) is 229 Å². The third kappa shape index (κ3) is 11.7. The Morgan fingerprint density at radius 3 is 0.856 bits per heavy atom. The number of fused-ring (bicyclic) bond motifs is 12. The van der Waals surface area contributed by atoms with Crippen molar-refractivity contribution in [3.8, 4) is 135 Å². The van der Waals surface area contributed by atoms with Gasteiger partial charge in [0, 0.05) is 78.0 Å². The molecule has 8 heteroatoms. The molecule has 0 fully saturated rings. The lowest BCUT2D eigenvalue weighted by molar-refractivity contribution is 0.992. The van der Waals surface area contributed by atoms with Crippen molar-refractivity contribution in [3.05, 3.63) is 425 Å². The molecule has 0 spiro atoms. The second kappa shape index (κ2) is 28.0. The largest absolute Gasteiger partial charge is 0.309 e. The minimum Gasteiger partial charge on any atom is -0.309 e. The Balaban J connectivity index is 0.567. The fourth-order valence-electron chi connectivity index (χ4n) is 18.0. The van der Waals surface area contributed by atoms with Gasteiger partial charge in [-0.2, -0.15) is 0 Å². The number of hydrogen-bond acceptors (Lipinski definition) is 4. The monoisotopic (exact) mass is 1500 g/mol. The summed E-state index contributed by atoms with van der Waals surface area (Å²) in [4.78, 5) is 20.8. The van der Waals surface area contributed by atoms with E-state index in [1.807, 2.05) is 24.5 Å². The van der Waals surface area contributed by atoms with Gasteiger partial charge in [0.2, 0.25) is 11.9 Å². The lowest BCUT2D eigenvalue weighted by Gasteiger charge is -2.13. The van der Waals surface area contributed by atoms with E-state index < -0.39 is 0 Å². The molecule has 0 aliphatic rings. The first-order chi connectivity index (χ1) is 58.5. The molecule has 118 heavy (non-hydrogen) atoms. The smallest absolute Gasteiger partial charge is 0.235 e. The second-order valence-corrected chi connectivity index (χ2v) is 30.6. The highest BCUT2D eigenvalue weighted by atomic mass is 15.2. The summed E-state index contributed by atoms with van der Waals surface area (Å²) in [6.45, 7) is 0. The molecular weight excluding hydrogens is 1430 g/mol. The molecular formula is C110H70N8. The summed E-state index contributed by atoms with van der Waals surface area (Å²) in [6, 6.07) is 149. The van der Waals surface area contributed by atoms with E-state index in [9.17, 15) is 0 Å². The molecule has 0 atom stereocenters. The molecule has 23 rings (SSSR count). The van der Waals surface area contributed by atoms with E-state index in [1.165, 1.54) is 54.8 Å². The molecule has 0 bridgehead atoms. The van der Waals surface area contributed by atoms with Gasteiger partial charge in [0.25, 0.3) is 0 Å². The highest BCUT2D eigenvalue weighted by Crippen LogP contribution is 2.44. The second-order valence-electron chi connectivity index (χ2n) is 30.6. The van der Waals surface area contributed by atoms with Crippen LogP contribution >= 0.6 is 0 Å². The molecule has 0 aliphatic heterocycles. The topological polar surface area (TPSA) is 71.3 Å². The summed E-state index contributed by atoms with van der Waals surface area (Å²) in [6.07, 6.45) is 3.78. The number of aromatic nitrogens is 8. The molecule has 0 aliphatic carbocycles. The van der Waals surface area contributed by atoms with E-state index in [2.05, 4.69) is 419 Å². The first-order valence-electron chi connectivity index (χ1n) is 40.1. The van der Waals surface area contributed by atoms with Gasteiger partial charge in [-0.1, -0.05) is 273 Å². The van der Waals surface area contributed by atoms with Gasteiger partial charge in [0.15, 0.2) is 0 Å². The third-order valence-electron chi connectivity index (χ3n) is 23.7. The van der Waals surface area contributed by atoms with E-state index >= 15 is 0 Å². The SMILES string of the molecule is c1ccc(-c2ccc(-c3cccc(-c4ccnc(-n5c6ccccc6c6cc(-c7ccc8c(c7)c7cc(-c9ccccc9)ccc7n8-c7cccc(-c8ccc(-c9cc(-c%10ccccc%10)cc(-c%10ccnc(-n%11c%12ccccc%12c%12cc(-c%13ccc%14c(c%13)c%13ccccc%13n%14-c%13ccccc%13)ccc%12%11)n%10)c9)cc8)c7)ccc65)n4)c3)cc2)cc1. The lowest BCUT2D eigenvalue weighted by atomic mass is 9.94. The van der Waals surface area contributed by atoms with E-state index in [-0.39, 0.29) is 0 Å². The fourth-order valence-corrected chi connectivity index (χ4v) is 18.0. The van der Waals surface area contributed by atoms with Crippen molar-refractivity contribution < 1.29 is 0 Å². The van der Waals surface area contributed by atoms with Crippen LogP contribution in [0.4, 0.5) is 0 Å². The zero-order chi connectivity index (χ0) is 77.7. The Kier molecular flexibility index (Phi) is 16.1. The summed E-state index contributed by atoms with van der Waals surface area (Å²) < 4.78 is 9.24. The highest BCUT2D eigenvalue weighted by Gasteiger charge is 2.23. The molecule has 0 saturated heterocycles. The van der Waals surface area contributed by atoms with Crippen molar-refractivity contribution in [1.29, 1.82) is 0 Å². The molecule has 17 aromatic carbocycles.